The first-order chi connectivity index (χ1) is 8.72. The summed E-state index contributed by atoms with van der Waals surface area (Å²) in [5.74, 6) is 0.733. The molecule has 3 heteroatoms. The molecule has 0 saturated carbocycles. The van der Waals surface area contributed by atoms with Gasteiger partial charge in [-0.05, 0) is 43.1 Å². The molecule has 2 heterocycles. The van der Waals surface area contributed by atoms with Crippen LogP contribution in [0.4, 0.5) is 5.69 Å². The van der Waals surface area contributed by atoms with Crippen LogP contribution in [-0.4, -0.2) is 40.4 Å². The lowest BCUT2D eigenvalue weighted by Gasteiger charge is -2.46. The van der Waals surface area contributed by atoms with Crippen molar-refractivity contribution in [3.05, 3.63) is 29.8 Å². The van der Waals surface area contributed by atoms with Gasteiger partial charge in [0.25, 0.3) is 0 Å². The van der Waals surface area contributed by atoms with Gasteiger partial charge in [-0.1, -0.05) is 12.1 Å². The van der Waals surface area contributed by atoms with Gasteiger partial charge in [-0.15, -0.1) is 0 Å². The molecule has 0 radical (unpaired) electrons. The molecule has 18 heavy (non-hydrogen) atoms. The zero-order valence-corrected chi connectivity index (χ0v) is 11.3. The van der Waals surface area contributed by atoms with Crippen molar-refractivity contribution in [1.29, 1.82) is 0 Å². The van der Waals surface area contributed by atoms with Gasteiger partial charge in [-0.3, -0.25) is 0 Å². The highest BCUT2D eigenvalue weighted by atomic mass is 16.5. The molecule has 2 aliphatic heterocycles. The van der Waals surface area contributed by atoms with Crippen LogP contribution in [0.3, 0.4) is 0 Å². The molecule has 0 spiro atoms. The Kier molecular flexibility index (Phi) is 3.04. The Balaban J connectivity index is 1.87. The van der Waals surface area contributed by atoms with Crippen molar-refractivity contribution < 1.29 is 4.74 Å². The Morgan fingerprint density at radius 2 is 1.94 bits per heavy atom. The fourth-order valence-electron chi connectivity index (χ4n) is 3.18. The average molecular weight is 246 g/mol. The first-order valence-electron chi connectivity index (χ1n) is 6.79. The molecule has 0 aromatic heterocycles. The lowest BCUT2D eigenvalue weighted by molar-refractivity contribution is -0.0869. The molecular formula is C15H22N2O. The van der Waals surface area contributed by atoms with Crippen LogP contribution in [-0.2, 0) is 10.2 Å². The summed E-state index contributed by atoms with van der Waals surface area (Å²) in [5, 5.41) is 3.48. The van der Waals surface area contributed by atoms with Crippen molar-refractivity contribution >= 4 is 5.69 Å². The molecule has 1 aromatic rings. The van der Waals surface area contributed by atoms with E-state index in [1.54, 1.807) is 0 Å². The first-order valence-corrected chi connectivity index (χ1v) is 6.79. The fourth-order valence-corrected chi connectivity index (χ4v) is 3.18. The third kappa shape index (κ3) is 1.82. The van der Waals surface area contributed by atoms with Gasteiger partial charge in [0.05, 0.1) is 13.2 Å². The maximum absolute atomic E-state index is 5.54. The molecule has 3 rings (SSSR count). The van der Waals surface area contributed by atoms with Crippen LogP contribution < -0.4 is 10.2 Å². The van der Waals surface area contributed by atoms with Crippen LogP contribution in [0, 0.1) is 5.92 Å². The molecule has 98 valence electrons. The number of hydrogen-bond acceptors (Lipinski definition) is 3. The Labute approximate surface area is 109 Å². The van der Waals surface area contributed by atoms with E-state index in [-0.39, 0.29) is 5.41 Å². The molecule has 2 aliphatic rings. The van der Waals surface area contributed by atoms with E-state index in [2.05, 4.69) is 48.6 Å². The second kappa shape index (κ2) is 4.56. The summed E-state index contributed by atoms with van der Waals surface area (Å²) in [7, 11) is 4.16. The topological polar surface area (TPSA) is 24.5 Å². The lowest BCUT2D eigenvalue weighted by Crippen LogP contribution is -2.53. The van der Waals surface area contributed by atoms with Crippen LogP contribution in [0.1, 0.15) is 12.0 Å². The second-order valence-corrected chi connectivity index (χ2v) is 5.78. The Bertz CT molecular complexity index is 403. The third-order valence-electron chi connectivity index (χ3n) is 4.52. The molecule has 0 aliphatic carbocycles. The first kappa shape index (κ1) is 12.0. The van der Waals surface area contributed by atoms with Crippen LogP contribution in [0.15, 0.2) is 24.3 Å². The quantitative estimate of drug-likeness (QED) is 0.877. The van der Waals surface area contributed by atoms with Crippen molar-refractivity contribution in [2.75, 3.05) is 45.3 Å². The molecular weight excluding hydrogens is 224 g/mol. The van der Waals surface area contributed by atoms with Crippen molar-refractivity contribution in [3.63, 3.8) is 0 Å². The Morgan fingerprint density at radius 3 is 2.39 bits per heavy atom. The van der Waals surface area contributed by atoms with Crippen molar-refractivity contribution in [2.45, 2.75) is 11.8 Å². The van der Waals surface area contributed by atoms with Gasteiger partial charge < -0.3 is 15.0 Å². The predicted octanol–water partition coefficient (Wildman–Crippen LogP) is 1.63. The Morgan fingerprint density at radius 1 is 1.22 bits per heavy atom. The summed E-state index contributed by atoms with van der Waals surface area (Å²) in [6.45, 7) is 4.07. The van der Waals surface area contributed by atoms with Gasteiger partial charge in [0, 0.05) is 25.2 Å². The maximum atomic E-state index is 5.54. The summed E-state index contributed by atoms with van der Waals surface area (Å²) in [4.78, 5) is 2.14. The molecule has 3 nitrogen and oxygen atoms in total. The standard InChI is InChI=1S/C15H22N2O/c1-17(2)14-5-3-12(4-6-14)15(10-18-11-15)13-7-8-16-9-13/h3-6,13,16H,7-11H2,1-2H3. The summed E-state index contributed by atoms with van der Waals surface area (Å²) in [6, 6.07) is 9.02. The molecule has 1 N–H and O–H groups in total. The zero-order valence-electron chi connectivity index (χ0n) is 11.3. The van der Waals surface area contributed by atoms with Crippen LogP contribution >= 0.6 is 0 Å². The minimum absolute atomic E-state index is 0.272. The highest BCUT2D eigenvalue weighted by molar-refractivity contribution is 5.48. The summed E-state index contributed by atoms with van der Waals surface area (Å²) in [6.07, 6.45) is 1.28. The van der Waals surface area contributed by atoms with E-state index in [0.29, 0.717) is 0 Å². The third-order valence-corrected chi connectivity index (χ3v) is 4.52. The number of anilines is 1. The Hall–Kier alpha value is -1.06. The highest BCUT2D eigenvalue weighted by Crippen LogP contribution is 2.42. The van der Waals surface area contributed by atoms with Gasteiger partial charge >= 0.3 is 0 Å². The van der Waals surface area contributed by atoms with Gasteiger partial charge in [0.2, 0.25) is 0 Å². The molecule has 0 bridgehead atoms. The van der Waals surface area contributed by atoms with Crippen LogP contribution in [0.5, 0.6) is 0 Å². The molecule has 1 atom stereocenters. The van der Waals surface area contributed by atoms with E-state index >= 15 is 0 Å². The largest absolute Gasteiger partial charge is 0.379 e. The minimum atomic E-state index is 0.272. The number of benzene rings is 1. The number of nitrogens with one attached hydrogen (secondary N) is 1. The van der Waals surface area contributed by atoms with E-state index in [4.69, 9.17) is 4.74 Å². The van der Waals surface area contributed by atoms with E-state index in [0.717, 1.165) is 32.2 Å². The van der Waals surface area contributed by atoms with E-state index in [1.165, 1.54) is 17.7 Å². The van der Waals surface area contributed by atoms with Crippen molar-refractivity contribution in [3.8, 4) is 0 Å². The predicted molar refractivity (Wildman–Crippen MR) is 74.2 cm³/mol. The normalized spacial score (nSPS) is 25.8. The average Bonchev–Trinajstić information content (AvgIpc) is 2.82. The number of nitrogens with zero attached hydrogens (tertiary/aromatic N) is 1. The van der Waals surface area contributed by atoms with Crippen LogP contribution in [0.2, 0.25) is 0 Å². The van der Waals surface area contributed by atoms with Crippen molar-refractivity contribution in [2.24, 2.45) is 5.92 Å². The van der Waals surface area contributed by atoms with E-state index < -0.39 is 0 Å². The molecule has 2 saturated heterocycles. The van der Waals surface area contributed by atoms with Gasteiger partial charge in [0.1, 0.15) is 0 Å². The van der Waals surface area contributed by atoms with Crippen LogP contribution in [0.25, 0.3) is 0 Å². The number of rotatable bonds is 3. The molecule has 1 aromatic carbocycles. The molecule has 0 amide bonds. The molecule has 1 unspecified atom stereocenters. The van der Waals surface area contributed by atoms with Gasteiger partial charge in [-0.2, -0.15) is 0 Å². The molecule has 2 fully saturated rings. The second-order valence-electron chi connectivity index (χ2n) is 5.78. The van der Waals surface area contributed by atoms with Crippen molar-refractivity contribution in [1.82, 2.24) is 5.32 Å². The summed E-state index contributed by atoms with van der Waals surface area (Å²) in [5.41, 5.74) is 2.99. The lowest BCUT2D eigenvalue weighted by atomic mass is 9.68. The zero-order chi connectivity index (χ0) is 12.6. The smallest absolute Gasteiger partial charge is 0.0588 e. The van der Waals surface area contributed by atoms with Gasteiger partial charge in [0.15, 0.2) is 0 Å². The number of hydrogen-bond donors (Lipinski definition) is 1. The van der Waals surface area contributed by atoms with Gasteiger partial charge in [-0.25, -0.2) is 0 Å². The monoisotopic (exact) mass is 246 g/mol. The van der Waals surface area contributed by atoms with E-state index in [9.17, 15) is 0 Å². The summed E-state index contributed by atoms with van der Waals surface area (Å²) >= 11 is 0. The minimum Gasteiger partial charge on any atom is -0.379 e. The van der Waals surface area contributed by atoms with E-state index in [1.807, 2.05) is 0 Å². The summed E-state index contributed by atoms with van der Waals surface area (Å²) < 4.78 is 5.54. The maximum Gasteiger partial charge on any atom is 0.0588 e. The number of ether oxygens (including phenoxy) is 1. The fraction of sp³-hybridized carbons (Fsp3) is 0.600. The SMILES string of the molecule is CN(C)c1ccc(C2(C3CCNC3)COC2)cc1. The highest BCUT2D eigenvalue weighted by Gasteiger charge is 2.47.